The number of nitrogens with two attached hydrogens (primary N) is 1. The van der Waals surface area contributed by atoms with Gasteiger partial charge in [-0.15, -0.1) is 0 Å². The highest BCUT2D eigenvalue weighted by molar-refractivity contribution is 6.03. The number of nitrogen functional groups attached to an aromatic ring is 1. The molecule has 3 heterocycles. The van der Waals surface area contributed by atoms with Gasteiger partial charge in [-0.1, -0.05) is 13.3 Å². The van der Waals surface area contributed by atoms with E-state index >= 15 is 0 Å². The molecule has 4 rings (SSSR count). The van der Waals surface area contributed by atoms with Gasteiger partial charge in [-0.3, -0.25) is 9.88 Å². The molecule has 0 atom stereocenters. The van der Waals surface area contributed by atoms with Crippen LogP contribution in [0.1, 0.15) is 62.3 Å². The third-order valence-electron chi connectivity index (χ3n) is 5.85. The molecular formula is C21H31N7O. The van der Waals surface area contributed by atoms with Crippen molar-refractivity contribution in [3.63, 3.8) is 0 Å². The van der Waals surface area contributed by atoms with Crippen molar-refractivity contribution in [2.24, 2.45) is 4.99 Å². The summed E-state index contributed by atoms with van der Waals surface area (Å²) in [5.41, 5.74) is 10.4. The van der Waals surface area contributed by atoms with E-state index in [1.807, 2.05) is 12.4 Å². The number of aromatic nitrogens is 3. The maximum absolute atomic E-state index is 5.89. The van der Waals surface area contributed by atoms with Gasteiger partial charge in [0, 0.05) is 24.8 Å². The summed E-state index contributed by atoms with van der Waals surface area (Å²) in [4.78, 5) is 11.8. The van der Waals surface area contributed by atoms with Gasteiger partial charge in [-0.25, -0.2) is 9.62 Å². The minimum Gasteiger partial charge on any atom is -0.379 e. The first-order valence-electron chi connectivity index (χ1n) is 10.7. The van der Waals surface area contributed by atoms with E-state index in [9.17, 15) is 0 Å². The summed E-state index contributed by atoms with van der Waals surface area (Å²) in [6.45, 7) is 7.38. The Morgan fingerprint density at radius 3 is 2.62 bits per heavy atom. The largest absolute Gasteiger partial charge is 0.379 e. The van der Waals surface area contributed by atoms with Gasteiger partial charge in [-0.05, 0) is 73.6 Å². The monoisotopic (exact) mass is 397 g/mol. The van der Waals surface area contributed by atoms with Crippen LogP contribution in [0.15, 0.2) is 22.0 Å². The molecule has 2 aromatic heterocycles. The first kappa shape index (κ1) is 20.0. The summed E-state index contributed by atoms with van der Waals surface area (Å²) in [5.74, 6) is 0.279. The van der Waals surface area contributed by atoms with Crippen molar-refractivity contribution in [2.75, 3.05) is 18.8 Å². The summed E-state index contributed by atoms with van der Waals surface area (Å²) in [6.07, 6.45) is 10.6. The molecule has 0 aromatic carbocycles. The zero-order valence-corrected chi connectivity index (χ0v) is 17.4. The Bertz CT molecular complexity index is 850. The fraction of sp³-hybridized carbons (Fsp3) is 0.619. The molecule has 2 aromatic rings. The van der Waals surface area contributed by atoms with Crippen LogP contribution >= 0.6 is 0 Å². The molecule has 8 nitrogen and oxygen atoms in total. The second-order valence-electron chi connectivity index (χ2n) is 8.24. The van der Waals surface area contributed by atoms with E-state index in [1.54, 1.807) is 0 Å². The summed E-state index contributed by atoms with van der Waals surface area (Å²) in [6, 6.07) is 1.48. The van der Waals surface area contributed by atoms with E-state index in [0.717, 1.165) is 55.5 Å². The molecule has 0 bridgehead atoms. The Labute approximate surface area is 171 Å². The predicted molar refractivity (Wildman–Crippen MR) is 113 cm³/mol. The summed E-state index contributed by atoms with van der Waals surface area (Å²) in [7, 11) is 0. The van der Waals surface area contributed by atoms with Gasteiger partial charge < -0.3 is 11.1 Å². The van der Waals surface area contributed by atoms with Crippen molar-refractivity contribution < 1.29 is 4.63 Å². The van der Waals surface area contributed by atoms with Crippen LogP contribution in [0.25, 0.3) is 0 Å². The van der Waals surface area contributed by atoms with E-state index in [4.69, 9.17) is 15.4 Å². The number of anilines is 1. The second kappa shape index (κ2) is 9.00. The SMILES string of the molecule is CCCC(=Nc1cncc(CN2CCC(NC3CC3)CC2)c1C)c1nonc1N. The highest BCUT2D eigenvalue weighted by atomic mass is 16.6. The van der Waals surface area contributed by atoms with Crippen LogP contribution in [-0.2, 0) is 6.54 Å². The average Bonchev–Trinajstić information content (AvgIpc) is 3.43. The third kappa shape index (κ3) is 5.00. The van der Waals surface area contributed by atoms with Gasteiger partial charge in [0.05, 0.1) is 17.6 Å². The number of rotatable bonds is 8. The lowest BCUT2D eigenvalue weighted by Crippen LogP contribution is -2.42. The van der Waals surface area contributed by atoms with Crippen LogP contribution in [0.5, 0.6) is 0 Å². The molecule has 1 aliphatic carbocycles. The predicted octanol–water partition coefficient (Wildman–Crippen LogP) is 2.99. The smallest absolute Gasteiger partial charge is 0.197 e. The number of hydrogen-bond donors (Lipinski definition) is 2. The number of hydrogen-bond acceptors (Lipinski definition) is 8. The Morgan fingerprint density at radius 2 is 1.97 bits per heavy atom. The molecule has 8 heteroatoms. The van der Waals surface area contributed by atoms with Crippen LogP contribution < -0.4 is 11.1 Å². The summed E-state index contributed by atoms with van der Waals surface area (Å²) >= 11 is 0. The van der Waals surface area contributed by atoms with E-state index in [-0.39, 0.29) is 5.82 Å². The van der Waals surface area contributed by atoms with E-state index in [0.29, 0.717) is 11.7 Å². The van der Waals surface area contributed by atoms with Crippen molar-refractivity contribution in [3.8, 4) is 0 Å². The van der Waals surface area contributed by atoms with Crippen LogP contribution in [0.2, 0.25) is 0 Å². The second-order valence-corrected chi connectivity index (χ2v) is 8.24. The Morgan fingerprint density at radius 1 is 1.21 bits per heavy atom. The number of nitrogens with zero attached hydrogens (tertiary/aromatic N) is 5. The zero-order chi connectivity index (χ0) is 20.2. The first-order valence-corrected chi connectivity index (χ1v) is 10.7. The molecule has 29 heavy (non-hydrogen) atoms. The molecule has 1 saturated carbocycles. The van der Waals surface area contributed by atoms with Gasteiger partial charge >= 0.3 is 0 Å². The van der Waals surface area contributed by atoms with Crippen molar-refractivity contribution in [1.29, 1.82) is 0 Å². The number of nitrogens with one attached hydrogen (secondary N) is 1. The molecule has 0 spiro atoms. The lowest BCUT2D eigenvalue weighted by atomic mass is 10.0. The Kier molecular flexibility index (Phi) is 6.20. The quantitative estimate of drug-likeness (QED) is 0.660. The molecule has 2 aliphatic rings. The van der Waals surface area contributed by atoms with Crippen LogP contribution in [0, 0.1) is 6.92 Å². The normalized spacial score (nSPS) is 19.0. The van der Waals surface area contributed by atoms with E-state index in [2.05, 4.69) is 39.4 Å². The van der Waals surface area contributed by atoms with Gasteiger partial charge in [0.25, 0.3) is 0 Å². The van der Waals surface area contributed by atoms with Gasteiger partial charge in [0.1, 0.15) is 0 Å². The number of aliphatic imine (C=N–C) groups is 1. The first-order chi connectivity index (χ1) is 14.1. The van der Waals surface area contributed by atoms with E-state index in [1.165, 1.54) is 31.2 Å². The molecule has 0 radical (unpaired) electrons. The van der Waals surface area contributed by atoms with Crippen LogP contribution in [-0.4, -0.2) is 51.1 Å². The van der Waals surface area contributed by atoms with Crippen molar-refractivity contribution in [1.82, 2.24) is 25.5 Å². The molecule has 3 N–H and O–H groups in total. The summed E-state index contributed by atoms with van der Waals surface area (Å²) < 4.78 is 4.77. The van der Waals surface area contributed by atoms with Gasteiger partial charge in [0.2, 0.25) is 0 Å². The summed E-state index contributed by atoms with van der Waals surface area (Å²) in [5, 5.41) is 11.4. The molecule has 0 unspecified atom stereocenters. The Balaban J connectivity index is 1.46. The number of piperidine rings is 1. The highest BCUT2D eigenvalue weighted by Gasteiger charge is 2.27. The number of likely N-dealkylation sites (tertiary alicyclic amines) is 1. The lowest BCUT2D eigenvalue weighted by Gasteiger charge is -2.32. The maximum atomic E-state index is 5.89. The van der Waals surface area contributed by atoms with Crippen LogP contribution in [0.3, 0.4) is 0 Å². The molecule has 156 valence electrons. The van der Waals surface area contributed by atoms with Crippen molar-refractivity contribution >= 4 is 17.2 Å². The molecular weight excluding hydrogens is 366 g/mol. The third-order valence-corrected chi connectivity index (χ3v) is 5.85. The van der Waals surface area contributed by atoms with Gasteiger partial charge in [0.15, 0.2) is 11.5 Å². The fourth-order valence-corrected chi connectivity index (χ4v) is 3.92. The highest BCUT2D eigenvalue weighted by Crippen LogP contribution is 2.26. The average molecular weight is 398 g/mol. The standard InChI is InChI=1S/C21H31N7O/c1-3-4-18(20-21(22)27-29-26-20)25-19-12-23-11-15(14(19)2)13-28-9-7-17(8-10-28)24-16-5-6-16/h11-12,16-17,24H,3-10,13H2,1-2H3,(H2,22,27). The number of pyridine rings is 1. The van der Waals surface area contributed by atoms with Crippen molar-refractivity contribution in [2.45, 2.75) is 71.0 Å². The van der Waals surface area contributed by atoms with E-state index < -0.39 is 0 Å². The maximum Gasteiger partial charge on any atom is 0.197 e. The minimum atomic E-state index is 0.279. The minimum absolute atomic E-state index is 0.279. The lowest BCUT2D eigenvalue weighted by molar-refractivity contribution is 0.189. The zero-order valence-electron chi connectivity index (χ0n) is 17.4. The van der Waals surface area contributed by atoms with Gasteiger partial charge in [-0.2, -0.15) is 0 Å². The van der Waals surface area contributed by atoms with Crippen molar-refractivity contribution in [3.05, 3.63) is 29.2 Å². The molecule has 2 fully saturated rings. The molecule has 1 saturated heterocycles. The fourth-order valence-electron chi connectivity index (χ4n) is 3.92. The Hall–Kier alpha value is -2.32. The van der Waals surface area contributed by atoms with Crippen LogP contribution in [0.4, 0.5) is 11.5 Å². The topological polar surface area (TPSA) is 105 Å². The molecule has 1 aliphatic heterocycles. The molecule has 0 amide bonds.